The van der Waals surface area contributed by atoms with Crippen molar-refractivity contribution < 1.29 is 14.4 Å². The van der Waals surface area contributed by atoms with Crippen LogP contribution in [-0.2, 0) is 20.6 Å². The van der Waals surface area contributed by atoms with Crippen LogP contribution >= 0.6 is 0 Å². The summed E-state index contributed by atoms with van der Waals surface area (Å²) in [4.78, 5) is 38.7. The molecule has 0 bridgehead atoms. The maximum absolute atomic E-state index is 12.5. The number of hydrogen-bond donors (Lipinski definition) is 2. The zero-order valence-electron chi connectivity index (χ0n) is 15.5. The summed E-state index contributed by atoms with van der Waals surface area (Å²) in [5, 5.41) is 23.8. The van der Waals surface area contributed by atoms with Gasteiger partial charge < -0.3 is 14.1 Å². The Kier molecular flexibility index (Phi) is 5.40. The summed E-state index contributed by atoms with van der Waals surface area (Å²) in [6, 6.07) is 2.67. The maximum Gasteiger partial charge on any atom is 0.433 e. The van der Waals surface area contributed by atoms with E-state index >= 15 is 0 Å². The van der Waals surface area contributed by atoms with Crippen LogP contribution in [-0.4, -0.2) is 41.5 Å². The number of allylic oxidation sites excluding steroid dienone is 1. The molecule has 152 valence electrons. The van der Waals surface area contributed by atoms with Gasteiger partial charge in [0.25, 0.3) is 5.56 Å². The predicted molar refractivity (Wildman–Crippen MR) is 104 cm³/mol. The van der Waals surface area contributed by atoms with Crippen molar-refractivity contribution in [3.8, 4) is 0 Å². The Morgan fingerprint density at radius 1 is 1.34 bits per heavy atom. The lowest BCUT2D eigenvalue weighted by molar-refractivity contribution is -0.402. The van der Waals surface area contributed by atoms with E-state index in [0.29, 0.717) is 0 Å². The smallest absolute Gasteiger partial charge is 0.401 e. The molecule has 0 fully saturated rings. The molecule has 0 aliphatic rings. The van der Waals surface area contributed by atoms with Gasteiger partial charge in [-0.1, -0.05) is 0 Å². The Bertz CT molecular complexity index is 1240. The van der Waals surface area contributed by atoms with E-state index in [1.807, 2.05) is 0 Å². The van der Waals surface area contributed by atoms with Crippen LogP contribution in [0.3, 0.4) is 0 Å². The average molecular weight is 403 g/mol. The van der Waals surface area contributed by atoms with Crippen molar-refractivity contribution in [3.05, 3.63) is 54.9 Å². The number of aryl methyl sites for hydroxylation is 1. The van der Waals surface area contributed by atoms with Crippen LogP contribution in [0.2, 0.25) is 0 Å². The zero-order valence-corrected chi connectivity index (χ0v) is 15.5. The lowest BCUT2D eigenvalue weighted by Crippen LogP contribution is -2.37. The summed E-state index contributed by atoms with van der Waals surface area (Å²) in [7, 11) is 2.84. The van der Waals surface area contributed by atoms with Crippen molar-refractivity contribution in [2.24, 2.45) is 19.2 Å². The number of aromatic nitrogens is 4. The normalized spacial score (nSPS) is 11.8. The largest absolute Gasteiger partial charge is 0.433 e. The Balaban J connectivity index is 1.87. The Hall–Kier alpha value is -4.00. The lowest BCUT2D eigenvalue weighted by atomic mass is 10.4. The number of aliphatic hydroxyl groups excluding tert-OH is 1. The van der Waals surface area contributed by atoms with Crippen LogP contribution in [0.25, 0.3) is 17.2 Å². The first kappa shape index (κ1) is 19.8. The number of fused-ring (bicyclic) bond motifs is 1. The van der Waals surface area contributed by atoms with Gasteiger partial charge in [-0.2, -0.15) is 10.1 Å². The van der Waals surface area contributed by atoms with Gasteiger partial charge in [-0.05, 0) is 18.2 Å². The molecule has 0 saturated heterocycles. The van der Waals surface area contributed by atoms with Crippen LogP contribution in [0.5, 0.6) is 0 Å². The Morgan fingerprint density at radius 3 is 2.76 bits per heavy atom. The first-order valence-electron chi connectivity index (χ1n) is 8.32. The molecule has 0 saturated carbocycles. The van der Waals surface area contributed by atoms with Crippen molar-refractivity contribution in [3.63, 3.8) is 0 Å². The van der Waals surface area contributed by atoms with Crippen LogP contribution in [0.4, 0.5) is 11.8 Å². The van der Waals surface area contributed by atoms with Crippen molar-refractivity contribution in [2.45, 2.75) is 6.54 Å². The van der Waals surface area contributed by atoms with Crippen molar-refractivity contribution in [2.75, 3.05) is 12.0 Å². The molecule has 29 heavy (non-hydrogen) atoms. The van der Waals surface area contributed by atoms with E-state index in [9.17, 15) is 24.8 Å². The number of imidazole rings is 1. The molecular weight excluding hydrogens is 386 g/mol. The number of nitro groups is 1. The van der Waals surface area contributed by atoms with E-state index in [2.05, 4.69) is 15.5 Å². The van der Waals surface area contributed by atoms with Crippen molar-refractivity contribution in [1.82, 2.24) is 18.7 Å². The van der Waals surface area contributed by atoms with Gasteiger partial charge in [-0.25, -0.2) is 10.2 Å². The zero-order chi connectivity index (χ0) is 21.1. The quantitative estimate of drug-likeness (QED) is 0.317. The molecule has 3 rings (SSSR count). The van der Waals surface area contributed by atoms with E-state index in [4.69, 9.17) is 4.42 Å². The number of hydrazone groups is 1. The van der Waals surface area contributed by atoms with Gasteiger partial charge in [0.05, 0.1) is 12.7 Å². The van der Waals surface area contributed by atoms with Gasteiger partial charge in [0.15, 0.2) is 11.2 Å². The SMILES string of the molecule is Cn1c(=O)c2c(nc(NN=CC=Cc3ccc([N+](=O)[O-])o3)n2CCO)n(C)c1=O. The molecule has 13 heteroatoms. The highest BCUT2D eigenvalue weighted by molar-refractivity contribution is 5.79. The summed E-state index contributed by atoms with van der Waals surface area (Å²) in [6.45, 7) is -0.194. The molecule has 0 radical (unpaired) electrons. The van der Waals surface area contributed by atoms with Gasteiger partial charge in [0, 0.05) is 26.9 Å². The highest BCUT2D eigenvalue weighted by Crippen LogP contribution is 2.17. The summed E-state index contributed by atoms with van der Waals surface area (Å²) in [6.07, 6.45) is 4.28. The molecule has 0 aromatic carbocycles. The van der Waals surface area contributed by atoms with Gasteiger partial charge in [0.1, 0.15) is 10.7 Å². The molecule has 3 aromatic rings. The van der Waals surface area contributed by atoms with E-state index in [1.165, 1.54) is 53.7 Å². The van der Waals surface area contributed by atoms with Gasteiger partial charge in [-0.3, -0.25) is 24.0 Å². The maximum atomic E-state index is 12.5. The third kappa shape index (κ3) is 3.70. The topological polar surface area (TPSA) is 163 Å². The third-order valence-corrected chi connectivity index (χ3v) is 4.05. The number of hydrogen-bond acceptors (Lipinski definition) is 9. The fraction of sp³-hybridized carbons (Fsp3) is 0.250. The first-order valence-corrected chi connectivity index (χ1v) is 8.32. The molecule has 0 spiro atoms. The second kappa shape index (κ2) is 7.93. The van der Waals surface area contributed by atoms with Gasteiger partial charge in [0.2, 0.25) is 5.95 Å². The number of nitrogens with zero attached hydrogens (tertiary/aromatic N) is 6. The summed E-state index contributed by atoms with van der Waals surface area (Å²) >= 11 is 0. The highest BCUT2D eigenvalue weighted by Gasteiger charge is 2.18. The molecule has 3 aromatic heterocycles. The van der Waals surface area contributed by atoms with Crippen LogP contribution < -0.4 is 16.7 Å². The highest BCUT2D eigenvalue weighted by atomic mass is 16.6. The summed E-state index contributed by atoms with van der Waals surface area (Å²) < 4.78 is 8.57. The molecule has 2 N–H and O–H groups in total. The molecule has 0 atom stereocenters. The lowest BCUT2D eigenvalue weighted by Gasteiger charge is -2.06. The Labute approximate surface area is 162 Å². The fourth-order valence-corrected chi connectivity index (χ4v) is 2.66. The molecule has 0 aliphatic carbocycles. The number of rotatable bonds is 7. The molecule has 3 heterocycles. The van der Waals surface area contributed by atoms with E-state index < -0.39 is 16.2 Å². The Morgan fingerprint density at radius 2 is 2.10 bits per heavy atom. The predicted octanol–water partition coefficient (Wildman–Crippen LogP) is 0.0383. The average Bonchev–Trinajstić information content (AvgIpc) is 3.30. The number of nitrogens with one attached hydrogen (secondary N) is 1. The van der Waals surface area contributed by atoms with E-state index in [0.717, 1.165) is 4.57 Å². The monoisotopic (exact) mass is 403 g/mol. The second-order valence-corrected chi connectivity index (χ2v) is 5.87. The molecular formula is C16H17N7O6. The molecule has 0 unspecified atom stereocenters. The standard InChI is InChI=1S/C16H17N7O6/c1-20-13-12(14(25)21(2)16(20)26)22(8-9-24)15(18-13)19-17-7-3-4-10-5-6-11(29-10)23(27)28/h3-7,24H,8-9H2,1-2H3,(H,18,19). The summed E-state index contributed by atoms with van der Waals surface area (Å²) in [5.74, 6) is 0.0597. The number of aliphatic hydroxyl groups is 1. The molecule has 13 nitrogen and oxygen atoms in total. The third-order valence-electron chi connectivity index (χ3n) is 4.05. The summed E-state index contributed by atoms with van der Waals surface area (Å²) in [5.41, 5.74) is 1.89. The van der Waals surface area contributed by atoms with Crippen LogP contribution in [0.1, 0.15) is 5.76 Å². The minimum Gasteiger partial charge on any atom is -0.401 e. The first-order chi connectivity index (χ1) is 13.8. The number of furan rings is 1. The fourth-order valence-electron chi connectivity index (χ4n) is 2.66. The van der Waals surface area contributed by atoms with Crippen LogP contribution in [0.15, 0.2) is 37.3 Å². The van der Waals surface area contributed by atoms with Gasteiger partial charge >= 0.3 is 11.6 Å². The minimum atomic E-state index is -0.643. The van der Waals surface area contributed by atoms with E-state index in [-0.39, 0.29) is 41.9 Å². The van der Waals surface area contributed by atoms with Crippen molar-refractivity contribution in [1.29, 1.82) is 0 Å². The molecule has 0 aliphatic heterocycles. The van der Waals surface area contributed by atoms with Crippen LogP contribution in [0, 0.1) is 10.1 Å². The van der Waals surface area contributed by atoms with Gasteiger partial charge in [-0.15, -0.1) is 0 Å². The number of anilines is 1. The van der Waals surface area contributed by atoms with E-state index in [1.54, 1.807) is 0 Å². The molecule has 0 amide bonds. The van der Waals surface area contributed by atoms with Crippen molar-refractivity contribution >= 4 is 35.3 Å². The second-order valence-electron chi connectivity index (χ2n) is 5.87. The minimum absolute atomic E-state index is 0.0632.